The van der Waals surface area contributed by atoms with Gasteiger partial charge < -0.3 is 15.0 Å². The normalized spacial score (nSPS) is 21.4. The summed E-state index contributed by atoms with van der Waals surface area (Å²) in [5, 5.41) is 8.47. The second-order valence-corrected chi connectivity index (χ2v) is 9.61. The quantitative estimate of drug-likeness (QED) is 0.319. The number of rotatable bonds is 5. The van der Waals surface area contributed by atoms with Crippen molar-refractivity contribution >= 4 is 29.2 Å². The van der Waals surface area contributed by atoms with Crippen LogP contribution in [0.2, 0.25) is 0 Å². The van der Waals surface area contributed by atoms with Crippen molar-refractivity contribution in [3.63, 3.8) is 0 Å². The summed E-state index contributed by atoms with van der Waals surface area (Å²) in [5.74, 6) is 1.22. The molecule has 0 saturated carbocycles. The fourth-order valence-corrected chi connectivity index (χ4v) is 5.06. The molecule has 7 rings (SSSR count). The van der Waals surface area contributed by atoms with E-state index < -0.39 is 12.0 Å². The maximum atomic E-state index is 13.6. The van der Waals surface area contributed by atoms with Crippen LogP contribution in [0.5, 0.6) is 0 Å². The van der Waals surface area contributed by atoms with Gasteiger partial charge in [-0.15, -0.1) is 0 Å². The maximum Gasteiger partial charge on any atom is 0.259 e. The summed E-state index contributed by atoms with van der Waals surface area (Å²) in [4.78, 5) is 25.3. The van der Waals surface area contributed by atoms with E-state index in [1.807, 2.05) is 71.2 Å². The second-order valence-electron chi connectivity index (χ2n) is 9.61. The highest BCUT2D eigenvalue weighted by Gasteiger charge is 2.56. The van der Waals surface area contributed by atoms with Crippen molar-refractivity contribution in [1.82, 2.24) is 19.7 Å². The Hall–Kier alpha value is -4.57. The van der Waals surface area contributed by atoms with Crippen molar-refractivity contribution in [2.45, 2.75) is 31.8 Å². The van der Waals surface area contributed by atoms with E-state index >= 15 is 0 Å². The van der Waals surface area contributed by atoms with E-state index in [-0.39, 0.29) is 18.2 Å². The molecule has 0 radical (unpaired) electrons. The number of pyridine rings is 1. The van der Waals surface area contributed by atoms with Crippen molar-refractivity contribution in [1.29, 1.82) is 0 Å². The molecular formula is C28H24FN7O2. The van der Waals surface area contributed by atoms with Gasteiger partial charge in [0.25, 0.3) is 5.91 Å². The minimum atomic E-state index is -0.513. The van der Waals surface area contributed by atoms with Crippen LogP contribution in [0.1, 0.15) is 24.2 Å². The maximum absolute atomic E-state index is 13.6. The van der Waals surface area contributed by atoms with E-state index in [1.165, 1.54) is 6.07 Å². The van der Waals surface area contributed by atoms with Crippen LogP contribution in [0.4, 0.5) is 21.7 Å². The van der Waals surface area contributed by atoms with Gasteiger partial charge in [0, 0.05) is 18.3 Å². The van der Waals surface area contributed by atoms with Gasteiger partial charge in [0.1, 0.15) is 18.0 Å². The van der Waals surface area contributed by atoms with Gasteiger partial charge in [-0.25, -0.2) is 19.6 Å². The molecule has 0 spiro atoms. The number of nitrogens with zero attached hydrogens (tertiary/aromatic N) is 6. The Morgan fingerprint density at radius 2 is 1.82 bits per heavy atom. The molecule has 1 amide bonds. The lowest BCUT2D eigenvalue weighted by Gasteiger charge is -2.22. The first kappa shape index (κ1) is 22.6. The SMILES string of the molecule is C[C@H]1N=C2N(C1=O)c1nn(Cc3ccc(-c4cccc(F)n4)cc3)c(Nc3ccccc3)c1C1OC1N2C. The fourth-order valence-electron chi connectivity index (χ4n) is 5.06. The van der Waals surface area contributed by atoms with Crippen molar-refractivity contribution in [2.75, 3.05) is 17.3 Å². The zero-order valence-electron chi connectivity index (χ0n) is 20.7. The summed E-state index contributed by atoms with van der Waals surface area (Å²) in [7, 11) is 1.89. The summed E-state index contributed by atoms with van der Waals surface area (Å²) >= 11 is 0. The lowest BCUT2D eigenvalue weighted by molar-refractivity contribution is -0.117. The van der Waals surface area contributed by atoms with E-state index in [0.29, 0.717) is 24.0 Å². The molecule has 10 heteroatoms. The molecule has 2 aromatic carbocycles. The fraction of sp³-hybridized carbons (Fsp3) is 0.214. The molecule has 0 bridgehead atoms. The number of ether oxygens (including phenoxy) is 1. The predicted octanol–water partition coefficient (Wildman–Crippen LogP) is 4.31. The smallest absolute Gasteiger partial charge is 0.259 e. The molecule has 1 N–H and O–H groups in total. The van der Waals surface area contributed by atoms with Gasteiger partial charge in [0.05, 0.1) is 17.8 Å². The minimum Gasteiger partial charge on any atom is -0.342 e. The van der Waals surface area contributed by atoms with Crippen molar-refractivity contribution in [3.8, 4) is 11.3 Å². The Kier molecular flexibility index (Phi) is 5.05. The minimum absolute atomic E-state index is 0.114. The average Bonchev–Trinajstić information content (AvgIpc) is 3.58. The van der Waals surface area contributed by atoms with Gasteiger partial charge in [-0.3, -0.25) is 4.79 Å². The first-order valence-corrected chi connectivity index (χ1v) is 12.4. The molecule has 1 fully saturated rings. The Labute approximate surface area is 218 Å². The standard InChI is InChI=1S/C28H24FN7O2/c1-16-26(37)36-25-22(23-27(38-23)34(2)28(36)30-16)24(31-19-7-4-3-5-8-19)35(33-25)15-17-11-13-18(14-12-17)20-9-6-10-21(29)32-20/h3-14,16,23,27,31H,15H2,1-2H3/t16-,23?,27?/m1/s1. The Morgan fingerprint density at radius 1 is 1.03 bits per heavy atom. The van der Waals surface area contributed by atoms with Gasteiger partial charge in [0.2, 0.25) is 11.9 Å². The zero-order chi connectivity index (χ0) is 26.0. The molecule has 2 aromatic heterocycles. The largest absolute Gasteiger partial charge is 0.342 e. The van der Waals surface area contributed by atoms with E-state index in [1.54, 1.807) is 24.0 Å². The van der Waals surface area contributed by atoms with Gasteiger partial charge in [0.15, 0.2) is 12.0 Å². The van der Waals surface area contributed by atoms with E-state index in [9.17, 15) is 9.18 Å². The number of hydrogen-bond donors (Lipinski definition) is 1. The molecule has 3 atom stereocenters. The number of halogens is 1. The molecule has 5 heterocycles. The number of nitrogens with one attached hydrogen (secondary N) is 1. The second kappa shape index (κ2) is 8.49. The van der Waals surface area contributed by atoms with Gasteiger partial charge in [-0.05, 0) is 36.8 Å². The lowest BCUT2D eigenvalue weighted by Crippen LogP contribution is -2.43. The number of fused-ring (bicyclic) bond motifs is 5. The van der Waals surface area contributed by atoms with Crippen LogP contribution in [-0.4, -0.2) is 50.8 Å². The summed E-state index contributed by atoms with van der Waals surface area (Å²) < 4.78 is 21.5. The number of hydrogen-bond acceptors (Lipinski definition) is 7. The highest BCUT2D eigenvalue weighted by molar-refractivity contribution is 6.22. The van der Waals surface area contributed by atoms with Gasteiger partial charge >= 0.3 is 0 Å². The number of amides is 1. The van der Waals surface area contributed by atoms with Crippen LogP contribution in [0.15, 0.2) is 77.8 Å². The van der Waals surface area contributed by atoms with Crippen LogP contribution >= 0.6 is 0 Å². The Bertz CT molecular complexity index is 1580. The van der Waals surface area contributed by atoms with Crippen LogP contribution < -0.4 is 10.2 Å². The number of aliphatic imine (C=N–C) groups is 1. The third-order valence-corrected chi connectivity index (χ3v) is 7.05. The van der Waals surface area contributed by atoms with Crippen LogP contribution in [0, 0.1) is 5.95 Å². The summed E-state index contributed by atoms with van der Waals surface area (Å²) in [5.41, 5.74) is 4.11. The van der Waals surface area contributed by atoms with E-state index in [0.717, 1.165) is 28.2 Å². The monoisotopic (exact) mass is 509 g/mol. The van der Waals surface area contributed by atoms with Crippen molar-refractivity contribution in [2.24, 2.45) is 4.99 Å². The Balaban J connectivity index is 1.30. The molecule has 9 nitrogen and oxygen atoms in total. The predicted molar refractivity (Wildman–Crippen MR) is 140 cm³/mol. The summed E-state index contributed by atoms with van der Waals surface area (Å²) in [6, 6.07) is 21.9. The number of para-hydroxylation sites is 1. The Morgan fingerprint density at radius 3 is 2.58 bits per heavy atom. The number of epoxide rings is 1. The average molecular weight is 510 g/mol. The molecule has 190 valence electrons. The number of benzene rings is 2. The van der Waals surface area contributed by atoms with Crippen LogP contribution in [0.3, 0.4) is 0 Å². The third kappa shape index (κ3) is 3.64. The summed E-state index contributed by atoms with van der Waals surface area (Å²) in [6.45, 7) is 2.23. The van der Waals surface area contributed by atoms with Crippen molar-refractivity contribution < 1.29 is 13.9 Å². The van der Waals surface area contributed by atoms with Gasteiger partial charge in [-0.2, -0.15) is 9.49 Å². The summed E-state index contributed by atoms with van der Waals surface area (Å²) in [6.07, 6.45) is -0.463. The molecule has 4 aromatic rings. The van der Waals surface area contributed by atoms with Gasteiger partial charge in [-0.1, -0.05) is 48.5 Å². The molecule has 38 heavy (non-hydrogen) atoms. The van der Waals surface area contributed by atoms with Crippen molar-refractivity contribution in [3.05, 3.63) is 89.9 Å². The van der Waals surface area contributed by atoms with Crippen LogP contribution in [0.25, 0.3) is 11.3 Å². The number of guanidine groups is 1. The topological polar surface area (TPSA) is 91.2 Å². The van der Waals surface area contributed by atoms with E-state index in [2.05, 4.69) is 15.3 Å². The number of likely N-dealkylation sites (N-methyl/N-ethyl adjacent to an activating group) is 1. The third-order valence-electron chi connectivity index (χ3n) is 7.05. The zero-order valence-corrected chi connectivity index (χ0v) is 20.7. The molecule has 2 unspecified atom stereocenters. The molecule has 3 aliphatic rings. The van der Waals surface area contributed by atoms with E-state index in [4.69, 9.17) is 9.84 Å². The highest BCUT2D eigenvalue weighted by Crippen LogP contribution is 2.51. The number of carbonyl (C=O) groups is 1. The first-order chi connectivity index (χ1) is 18.5. The number of aromatic nitrogens is 3. The van der Waals surface area contributed by atoms with Crippen LogP contribution in [-0.2, 0) is 16.1 Å². The molecule has 3 aliphatic heterocycles. The molecular weight excluding hydrogens is 485 g/mol. The highest BCUT2D eigenvalue weighted by atomic mass is 19.1. The number of carbonyl (C=O) groups excluding carboxylic acids is 1. The number of anilines is 3. The lowest BCUT2D eigenvalue weighted by atomic mass is 10.1. The first-order valence-electron chi connectivity index (χ1n) is 12.4. The molecule has 1 saturated heterocycles. The molecule has 0 aliphatic carbocycles.